The second-order valence-corrected chi connectivity index (χ2v) is 4.27. The van der Waals surface area contributed by atoms with Crippen molar-refractivity contribution in [1.29, 1.82) is 0 Å². The molecule has 2 amide bonds. The van der Waals surface area contributed by atoms with E-state index in [9.17, 15) is 4.79 Å². The highest BCUT2D eigenvalue weighted by molar-refractivity contribution is 5.74. The lowest BCUT2D eigenvalue weighted by molar-refractivity contribution is 0.180. The molecule has 0 fully saturated rings. The smallest absolute Gasteiger partial charge is 0.317 e. The van der Waals surface area contributed by atoms with Crippen molar-refractivity contribution in [3.63, 3.8) is 0 Å². The first-order valence-corrected chi connectivity index (χ1v) is 6.36. The topological polar surface area (TPSA) is 52.6 Å². The Morgan fingerprint density at radius 3 is 2.56 bits per heavy atom. The average Bonchev–Trinajstić information content (AvgIpc) is 2.38. The molecule has 0 spiro atoms. The van der Waals surface area contributed by atoms with Crippen LogP contribution < -0.4 is 5.32 Å². The molecule has 1 aromatic rings. The van der Waals surface area contributed by atoms with Crippen LogP contribution in [0.5, 0.6) is 0 Å². The second kappa shape index (κ2) is 7.71. The number of amides is 2. The van der Waals surface area contributed by atoms with E-state index in [0.29, 0.717) is 19.6 Å². The highest BCUT2D eigenvalue weighted by atomic mass is 16.3. The minimum absolute atomic E-state index is 0.000772. The van der Waals surface area contributed by atoms with Gasteiger partial charge in [-0.15, -0.1) is 0 Å². The second-order valence-electron chi connectivity index (χ2n) is 4.27. The van der Waals surface area contributed by atoms with Gasteiger partial charge < -0.3 is 15.3 Å². The Kier molecular flexibility index (Phi) is 6.22. The zero-order chi connectivity index (χ0) is 13.4. The van der Waals surface area contributed by atoms with E-state index in [1.807, 2.05) is 6.92 Å². The fourth-order valence-electron chi connectivity index (χ4n) is 1.70. The first-order chi connectivity index (χ1) is 8.67. The van der Waals surface area contributed by atoms with Gasteiger partial charge in [-0.25, -0.2) is 4.79 Å². The van der Waals surface area contributed by atoms with E-state index >= 15 is 0 Å². The minimum atomic E-state index is -0.112. The molecule has 0 aromatic heterocycles. The molecule has 1 aromatic carbocycles. The largest absolute Gasteiger partial charge is 0.395 e. The van der Waals surface area contributed by atoms with Crippen LogP contribution in [0.4, 0.5) is 4.79 Å². The lowest BCUT2D eigenvalue weighted by Crippen LogP contribution is -2.42. The number of benzene rings is 1. The van der Waals surface area contributed by atoms with Crippen LogP contribution in [0.3, 0.4) is 0 Å². The number of aryl methyl sites for hydroxylation is 1. The van der Waals surface area contributed by atoms with Crippen molar-refractivity contribution in [3.8, 4) is 0 Å². The van der Waals surface area contributed by atoms with Gasteiger partial charge in [0.05, 0.1) is 6.61 Å². The highest BCUT2D eigenvalue weighted by Gasteiger charge is 2.09. The molecule has 0 heterocycles. The summed E-state index contributed by atoms with van der Waals surface area (Å²) in [7, 11) is 0. The zero-order valence-electron chi connectivity index (χ0n) is 11.1. The lowest BCUT2D eigenvalue weighted by Gasteiger charge is -2.20. The van der Waals surface area contributed by atoms with Crippen molar-refractivity contribution < 1.29 is 9.90 Å². The number of hydrogen-bond acceptors (Lipinski definition) is 2. The quantitative estimate of drug-likeness (QED) is 0.805. The summed E-state index contributed by atoms with van der Waals surface area (Å²) in [4.78, 5) is 13.3. The monoisotopic (exact) mass is 250 g/mol. The number of aliphatic hydroxyl groups is 1. The van der Waals surface area contributed by atoms with Crippen molar-refractivity contribution in [1.82, 2.24) is 10.2 Å². The van der Waals surface area contributed by atoms with E-state index in [2.05, 4.69) is 36.5 Å². The van der Waals surface area contributed by atoms with Gasteiger partial charge in [-0.3, -0.25) is 0 Å². The fraction of sp³-hybridized carbons (Fsp3) is 0.500. The van der Waals surface area contributed by atoms with Crippen molar-refractivity contribution in [2.45, 2.75) is 20.3 Å². The summed E-state index contributed by atoms with van der Waals surface area (Å²) in [5.41, 5.74) is 2.45. The molecule has 0 atom stereocenters. The van der Waals surface area contributed by atoms with E-state index in [4.69, 9.17) is 5.11 Å². The van der Waals surface area contributed by atoms with Crippen LogP contribution in [0, 0.1) is 6.92 Å². The molecule has 100 valence electrons. The molecule has 4 nitrogen and oxygen atoms in total. The Morgan fingerprint density at radius 1 is 1.33 bits per heavy atom. The van der Waals surface area contributed by atoms with Crippen LogP contribution in [0.1, 0.15) is 18.1 Å². The Labute approximate surface area is 109 Å². The first kappa shape index (κ1) is 14.5. The van der Waals surface area contributed by atoms with Gasteiger partial charge in [0.15, 0.2) is 0 Å². The molecule has 0 aliphatic heterocycles. The lowest BCUT2D eigenvalue weighted by atomic mass is 10.1. The molecule has 0 bridgehead atoms. The maximum Gasteiger partial charge on any atom is 0.317 e. The number of nitrogens with one attached hydrogen (secondary N) is 1. The molecule has 2 N–H and O–H groups in total. The summed E-state index contributed by atoms with van der Waals surface area (Å²) in [5, 5.41) is 11.7. The number of aliphatic hydroxyl groups excluding tert-OH is 1. The third-order valence-electron chi connectivity index (χ3n) is 2.85. The maximum absolute atomic E-state index is 11.7. The molecule has 0 saturated carbocycles. The van der Waals surface area contributed by atoms with Gasteiger partial charge in [0.25, 0.3) is 0 Å². The molecule has 4 heteroatoms. The highest BCUT2D eigenvalue weighted by Crippen LogP contribution is 2.03. The third kappa shape index (κ3) is 4.75. The SMILES string of the molecule is CCN(CCO)C(=O)NCCc1ccc(C)cc1. The van der Waals surface area contributed by atoms with E-state index in [1.165, 1.54) is 11.1 Å². The van der Waals surface area contributed by atoms with Crippen LogP contribution >= 0.6 is 0 Å². The predicted octanol–water partition coefficient (Wildman–Crippen LogP) is 1.56. The minimum Gasteiger partial charge on any atom is -0.395 e. The molecule has 0 unspecified atom stereocenters. The first-order valence-electron chi connectivity index (χ1n) is 6.36. The van der Waals surface area contributed by atoms with E-state index in [-0.39, 0.29) is 12.6 Å². The van der Waals surface area contributed by atoms with Gasteiger partial charge in [0.2, 0.25) is 0 Å². The predicted molar refractivity (Wildman–Crippen MR) is 72.6 cm³/mol. The average molecular weight is 250 g/mol. The summed E-state index contributed by atoms with van der Waals surface area (Å²) >= 11 is 0. The third-order valence-corrected chi connectivity index (χ3v) is 2.85. The van der Waals surface area contributed by atoms with Crippen molar-refractivity contribution in [2.75, 3.05) is 26.2 Å². The van der Waals surface area contributed by atoms with E-state index in [1.54, 1.807) is 4.90 Å². The van der Waals surface area contributed by atoms with E-state index < -0.39 is 0 Å². The molecule has 0 saturated heterocycles. The summed E-state index contributed by atoms with van der Waals surface area (Å²) in [6.07, 6.45) is 0.822. The molecule has 1 rings (SSSR count). The van der Waals surface area contributed by atoms with E-state index in [0.717, 1.165) is 6.42 Å². The summed E-state index contributed by atoms with van der Waals surface area (Å²) in [6.45, 7) is 5.56. The van der Waals surface area contributed by atoms with Gasteiger partial charge in [-0.05, 0) is 25.8 Å². The zero-order valence-corrected chi connectivity index (χ0v) is 11.1. The Balaban J connectivity index is 2.32. The van der Waals surface area contributed by atoms with Gasteiger partial charge in [0.1, 0.15) is 0 Å². The summed E-state index contributed by atoms with van der Waals surface area (Å²) in [6, 6.07) is 8.18. The standard InChI is InChI=1S/C14H22N2O2/c1-3-16(10-11-17)14(18)15-9-8-13-6-4-12(2)5-7-13/h4-7,17H,3,8-11H2,1-2H3,(H,15,18). The molecule has 18 heavy (non-hydrogen) atoms. The van der Waals surface area contributed by atoms with Crippen molar-refractivity contribution in [3.05, 3.63) is 35.4 Å². The van der Waals surface area contributed by atoms with Gasteiger partial charge >= 0.3 is 6.03 Å². The van der Waals surface area contributed by atoms with Crippen LogP contribution in [-0.4, -0.2) is 42.3 Å². The number of urea groups is 1. The van der Waals surface area contributed by atoms with Crippen LogP contribution in [0.15, 0.2) is 24.3 Å². The Hall–Kier alpha value is -1.55. The number of carbonyl (C=O) groups excluding carboxylic acids is 1. The van der Waals surface area contributed by atoms with Gasteiger partial charge in [-0.1, -0.05) is 29.8 Å². The normalized spacial score (nSPS) is 10.2. The van der Waals surface area contributed by atoms with Crippen LogP contribution in [0.25, 0.3) is 0 Å². The van der Waals surface area contributed by atoms with Crippen LogP contribution in [-0.2, 0) is 6.42 Å². The number of carbonyl (C=O) groups is 1. The molecular weight excluding hydrogens is 228 g/mol. The Morgan fingerprint density at radius 2 is 2.00 bits per heavy atom. The van der Waals surface area contributed by atoms with Crippen LogP contribution in [0.2, 0.25) is 0 Å². The molecular formula is C14H22N2O2. The van der Waals surface area contributed by atoms with Crippen molar-refractivity contribution >= 4 is 6.03 Å². The van der Waals surface area contributed by atoms with Gasteiger partial charge in [-0.2, -0.15) is 0 Å². The number of nitrogens with zero attached hydrogens (tertiary/aromatic N) is 1. The summed E-state index contributed by atoms with van der Waals surface area (Å²) in [5.74, 6) is 0. The fourth-order valence-corrected chi connectivity index (χ4v) is 1.70. The molecule has 0 aliphatic rings. The number of hydrogen-bond donors (Lipinski definition) is 2. The van der Waals surface area contributed by atoms with Gasteiger partial charge in [0, 0.05) is 19.6 Å². The maximum atomic E-state index is 11.7. The number of rotatable bonds is 6. The molecule has 0 radical (unpaired) electrons. The Bertz CT molecular complexity index is 363. The summed E-state index contributed by atoms with van der Waals surface area (Å²) < 4.78 is 0. The number of likely N-dealkylation sites (N-methyl/N-ethyl adjacent to an activating group) is 1. The molecule has 0 aliphatic carbocycles. The van der Waals surface area contributed by atoms with Crippen molar-refractivity contribution in [2.24, 2.45) is 0 Å².